The maximum absolute atomic E-state index is 10.2. The minimum absolute atomic E-state index is 0.150. The molecule has 1 aliphatic rings. The summed E-state index contributed by atoms with van der Waals surface area (Å²) in [6.07, 6.45) is 9.55. The Balaban J connectivity index is 2.35. The Morgan fingerprint density at radius 2 is 1.93 bits per heavy atom. The molecule has 2 unspecified atom stereocenters. The monoisotopic (exact) mass is 208 g/mol. The highest BCUT2D eigenvalue weighted by molar-refractivity contribution is 5.33. The van der Waals surface area contributed by atoms with Crippen LogP contribution >= 0.6 is 0 Å². The molecule has 0 amide bonds. The lowest BCUT2D eigenvalue weighted by molar-refractivity contribution is 0.289. The number of hydrogen-bond donors (Lipinski definition) is 0. The molecule has 0 radical (unpaired) electrons. The van der Waals surface area contributed by atoms with Crippen molar-refractivity contribution in [3.63, 3.8) is 0 Å². The first kappa shape index (κ1) is 11.8. The summed E-state index contributed by atoms with van der Waals surface area (Å²) in [6, 6.07) is 0.150. The number of aliphatic imine (C=N–C) groups is 2. The van der Waals surface area contributed by atoms with Crippen LogP contribution < -0.4 is 0 Å². The van der Waals surface area contributed by atoms with Crippen molar-refractivity contribution in [2.45, 2.75) is 44.6 Å². The van der Waals surface area contributed by atoms with Gasteiger partial charge in [0.1, 0.15) is 0 Å². The third kappa shape index (κ3) is 4.20. The molecule has 2 atom stereocenters. The van der Waals surface area contributed by atoms with Crippen LogP contribution in [0.1, 0.15) is 38.5 Å². The van der Waals surface area contributed by atoms with Crippen LogP contribution in [-0.4, -0.2) is 24.7 Å². The Hall–Kier alpha value is -1.24. The first-order valence-corrected chi connectivity index (χ1v) is 5.49. The molecule has 1 aliphatic carbocycles. The lowest BCUT2D eigenvalue weighted by Gasteiger charge is -2.27. The van der Waals surface area contributed by atoms with Gasteiger partial charge >= 0.3 is 0 Å². The van der Waals surface area contributed by atoms with Crippen LogP contribution in [0.4, 0.5) is 0 Å². The number of carbonyl (C=O) groups excluding carboxylic acids is 2. The van der Waals surface area contributed by atoms with Crippen molar-refractivity contribution in [3.8, 4) is 0 Å². The van der Waals surface area contributed by atoms with Crippen molar-refractivity contribution in [1.82, 2.24) is 0 Å². The van der Waals surface area contributed by atoms with Crippen molar-refractivity contribution in [2.75, 3.05) is 6.54 Å². The molecule has 0 aliphatic heterocycles. The summed E-state index contributed by atoms with van der Waals surface area (Å²) in [5.41, 5.74) is 0. The number of isocyanates is 2. The highest BCUT2D eigenvalue weighted by Gasteiger charge is 2.23. The Kier molecular flexibility index (Phi) is 5.60. The summed E-state index contributed by atoms with van der Waals surface area (Å²) in [4.78, 5) is 27.5. The fourth-order valence-electron chi connectivity index (χ4n) is 2.24. The average Bonchev–Trinajstić information content (AvgIpc) is 2.27. The van der Waals surface area contributed by atoms with E-state index in [1.165, 1.54) is 12.5 Å². The van der Waals surface area contributed by atoms with E-state index in [9.17, 15) is 9.59 Å². The van der Waals surface area contributed by atoms with Gasteiger partial charge in [0, 0.05) is 0 Å². The summed E-state index contributed by atoms with van der Waals surface area (Å²) in [5.74, 6) is 0.474. The predicted octanol–water partition coefficient (Wildman–Crippen LogP) is 2.00. The second-order valence-electron chi connectivity index (χ2n) is 3.95. The van der Waals surface area contributed by atoms with Gasteiger partial charge in [-0.05, 0) is 31.6 Å². The van der Waals surface area contributed by atoms with Crippen LogP contribution in [0.25, 0.3) is 0 Å². The van der Waals surface area contributed by atoms with Crippen molar-refractivity contribution in [1.29, 1.82) is 0 Å². The average molecular weight is 208 g/mol. The highest BCUT2D eigenvalue weighted by Crippen LogP contribution is 2.29. The van der Waals surface area contributed by atoms with Crippen LogP contribution in [-0.2, 0) is 9.59 Å². The molecular formula is C11H16N2O2. The quantitative estimate of drug-likeness (QED) is 0.394. The second kappa shape index (κ2) is 7.10. The molecule has 15 heavy (non-hydrogen) atoms. The molecular weight excluding hydrogens is 192 g/mol. The summed E-state index contributed by atoms with van der Waals surface area (Å²) in [6.45, 7) is 0.539. The van der Waals surface area contributed by atoms with Crippen LogP contribution in [0, 0.1) is 5.92 Å². The Bertz CT molecular complexity index is 278. The van der Waals surface area contributed by atoms with Crippen LogP contribution in [0.5, 0.6) is 0 Å². The maximum atomic E-state index is 10.2. The lowest BCUT2D eigenvalue weighted by atomic mass is 9.82. The zero-order valence-electron chi connectivity index (χ0n) is 8.82. The van der Waals surface area contributed by atoms with E-state index < -0.39 is 0 Å². The van der Waals surface area contributed by atoms with Crippen LogP contribution in [0.2, 0.25) is 0 Å². The van der Waals surface area contributed by atoms with Gasteiger partial charge in [0.15, 0.2) is 0 Å². The topological polar surface area (TPSA) is 58.9 Å². The van der Waals surface area contributed by atoms with E-state index in [0.29, 0.717) is 12.5 Å². The predicted molar refractivity (Wildman–Crippen MR) is 56.1 cm³/mol. The van der Waals surface area contributed by atoms with Gasteiger partial charge in [-0.25, -0.2) is 19.6 Å². The molecule has 0 heterocycles. The Labute approximate surface area is 89.5 Å². The Morgan fingerprint density at radius 1 is 1.13 bits per heavy atom. The molecule has 1 rings (SSSR count). The number of rotatable bonds is 5. The van der Waals surface area contributed by atoms with E-state index in [1.807, 2.05) is 0 Å². The van der Waals surface area contributed by atoms with Crippen molar-refractivity contribution in [3.05, 3.63) is 0 Å². The third-order valence-corrected chi connectivity index (χ3v) is 3.00. The van der Waals surface area contributed by atoms with E-state index in [-0.39, 0.29) is 6.04 Å². The van der Waals surface area contributed by atoms with Crippen molar-refractivity contribution in [2.24, 2.45) is 15.9 Å². The summed E-state index contributed by atoms with van der Waals surface area (Å²) in [7, 11) is 0. The van der Waals surface area contributed by atoms with Crippen LogP contribution in [0.15, 0.2) is 9.98 Å². The zero-order valence-corrected chi connectivity index (χ0v) is 8.82. The molecule has 0 aromatic rings. The molecule has 0 N–H and O–H groups in total. The molecule has 82 valence electrons. The molecule has 0 aromatic heterocycles. The summed E-state index contributed by atoms with van der Waals surface area (Å²) >= 11 is 0. The lowest BCUT2D eigenvalue weighted by Crippen LogP contribution is -2.23. The Morgan fingerprint density at radius 3 is 2.67 bits per heavy atom. The van der Waals surface area contributed by atoms with Gasteiger partial charge in [-0.2, -0.15) is 0 Å². The molecule has 0 aromatic carbocycles. The molecule has 4 nitrogen and oxygen atoms in total. The van der Waals surface area contributed by atoms with Crippen LogP contribution in [0.3, 0.4) is 0 Å². The maximum Gasteiger partial charge on any atom is 0.235 e. The van der Waals surface area contributed by atoms with Gasteiger partial charge in [0.2, 0.25) is 12.2 Å². The largest absolute Gasteiger partial charge is 0.235 e. The van der Waals surface area contributed by atoms with E-state index >= 15 is 0 Å². The first-order chi connectivity index (χ1) is 7.38. The van der Waals surface area contributed by atoms with Gasteiger partial charge in [-0.1, -0.05) is 12.8 Å². The smallest absolute Gasteiger partial charge is 0.211 e. The minimum Gasteiger partial charge on any atom is -0.211 e. The zero-order chi connectivity index (χ0) is 10.9. The number of nitrogens with zero attached hydrogens (tertiary/aromatic N) is 2. The van der Waals surface area contributed by atoms with Gasteiger partial charge in [-0.15, -0.1) is 0 Å². The molecule has 0 spiro atoms. The van der Waals surface area contributed by atoms with E-state index in [0.717, 1.165) is 32.1 Å². The molecule has 0 saturated heterocycles. The van der Waals surface area contributed by atoms with Gasteiger partial charge in [0.25, 0.3) is 0 Å². The SMILES string of the molecule is O=C=NCCCC1CCCCC1N=C=O. The van der Waals surface area contributed by atoms with E-state index in [1.54, 1.807) is 6.08 Å². The standard InChI is InChI=1S/C11H16N2O2/c14-8-12-7-3-5-10-4-1-2-6-11(10)13-9-15/h10-11H,1-7H2. The van der Waals surface area contributed by atoms with E-state index in [4.69, 9.17) is 0 Å². The third-order valence-electron chi connectivity index (χ3n) is 3.00. The fraction of sp³-hybridized carbons (Fsp3) is 0.818. The van der Waals surface area contributed by atoms with Gasteiger partial charge < -0.3 is 0 Å². The minimum atomic E-state index is 0.150. The van der Waals surface area contributed by atoms with Crippen molar-refractivity contribution < 1.29 is 9.59 Å². The van der Waals surface area contributed by atoms with E-state index in [2.05, 4.69) is 9.98 Å². The molecule has 1 fully saturated rings. The number of hydrogen-bond acceptors (Lipinski definition) is 4. The van der Waals surface area contributed by atoms with Gasteiger partial charge in [-0.3, -0.25) is 0 Å². The van der Waals surface area contributed by atoms with Gasteiger partial charge in [0.05, 0.1) is 12.6 Å². The highest BCUT2D eigenvalue weighted by atomic mass is 16.1. The molecule has 4 heteroatoms. The normalized spacial score (nSPS) is 25.1. The fourth-order valence-corrected chi connectivity index (χ4v) is 2.24. The van der Waals surface area contributed by atoms with Crippen molar-refractivity contribution >= 4 is 12.2 Å². The summed E-state index contributed by atoms with van der Waals surface area (Å²) in [5, 5.41) is 0. The molecule has 0 bridgehead atoms. The first-order valence-electron chi connectivity index (χ1n) is 5.49. The summed E-state index contributed by atoms with van der Waals surface area (Å²) < 4.78 is 0. The second-order valence-corrected chi connectivity index (χ2v) is 3.95. The molecule has 1 saturated carbocycles.